The van der Waals surface area contributed by atoms with Crippen molar-refractivity contribution in [1.29, 1.82) is 0 Å². The van der Waals surface area contributed by atoms with E-state index in [9.17, 15) is 0 Å². The number of hydrogen-bond donors (Lipinski definition) is 0. The second-order valence-corrected chi connectivity index (χ2v) is 1.75. The standard InChI is InChI=1S/C8H8NO/c1-10-9-7-8-5-3-2-4-6-8/h2-6H,1H3. The van der Waals surface area contributed by atoms with Crippen LogP contribution in [-0.4, -0.2) is 13.3 Å². The minimum atomic E-state index is 0.921. The second-order valence-electron chi connectivity index (χ2n) is 1.75. The molecule has 0 heterocycles. The molecule has 0 spiro atoms. The number of hydrogen-bond acceptors (Lipinski definition) is 2. The number of benzene rings is 1. The van der Waals surface area contributed by atoms with Gasteiger partial charge in [-0.1, -0.05) is 35.5 Å². The lowest BCUT2D eigenvalue weighted by molar-refractivity contribution is 0.215. The van der Waals surface area contributed by atoms with Crippen molar-refractivity contribution < 1.29 is 4.84 Å². The van der Waals surface area contributed by atoms with Gasteiger partial charge in [-0.15, -0.1) is 0 Å². The maximum atomic E-state index is 4.46. The highest BCUT2D eigenvalue weighted by Gasteiger charge is 1.82. The highest BCUT2D eigenvalue weighted by Crippen LogP contribution is 1.93. The Bertz CT molecular complexity index is 206. The lowest BCUT2D eigenvalue weighted by Crippen LogP contribution is -1.78. The molecule has 1 aromatic rings. The minimum Gasteiger partial charge on any atom is -0.399 e. The van der Waals surface area contributed by atoms with Crippen molar-refractivity contribution in [2.75, 3.05) is 7.11 Å². The maximum Gasteiger partial charge on any atom is 0.139 e. The van der Waals surface area contributed by atoms with Gasteiger partial charge in [-0.25, -0.2) is 0 Å². The Morgan fingerprint density at radius 2 is 2.00 bits per heavy atom. The van der Waals surface area contributed by atoms with Gasteiger partial charge < -0.3 is 4.84 Å². The normalized spacial score (nSPS) is 10.1. The molecule has 0 atom stereocenters. The molecule has 0 aliphatic carbocycles. The Balaban J connectivity index is 2.67. The molecule has 0 amide bonds. The highest BCUT2D eigenvalue weighted by molar-refractivity contribution is 5.78. The summed E-state index contributed by atoms with van der Waals surface area (Å²) in [4.78, 5) is 4.46. The van der Waals surface area contributed by atoms with Gasteiger partial charge >= 0.3 is 0 Å². The fourth-order valence-corrected chi connectivity index (χ4v) is 0.611. The zero-order valence-electron chi connectivity index (χ0n) is 5.74. The molecule has 0 unspecified atom stereocenters. The zero-order chi connectivity index (χ0) is 7.23. The van der Waals surface area contributed by atoms with Crippen LogP contribution in [0.25, 0.3) is 0 Å². The van der Waals surface area contributed by atoms with E-state index in [0.717, 1.165) is 5.56 Å². The summed E-state index contributed by atoms with van der Waals surface area (Å²) in [6.07, 6.45) is 2.70. The van der Waals surface area contributed by atoms with E-state index in [1.54, 1.807) is 0 Å². The van der Waals surface area contributed by atoms with Gasteiger partial charge in [-0.3, -0.25) is 0 Å². The summed E-state index contributed by atoms with van der Waals surface area (Å²) in [6.45, 7) is 0. The second kappa shape index (κ2) is 3.67. The maximum absolute atomic E-state index is 4.46. The van der Waals surface area contributed by atoms with Gasteiger partial charge in [0.25, 0.3) is 0 Å². The summed E-state index contributed by atoms with van der Waals surface area (Å²) in [5.41, 5.74) is 0.921. The van der Waals surface area contributed by atoms with Gasteiger partial charge in [-0.05, 0) is 0 Å². The monoisotopic (exact) mass is 134 g/mol. The molecular formula is C8H8NO. The molecule has 0 saturated heterocycles. The van der Waals surface area contributed by atoms with Gasteiger partial charge in [0.15, 0.2) is 0 Å². The fraction of sp³-hybridized carbons (Fsp3) is 0.125. The molecule has 0 bridgehead atoms. The van der Waals surface area contributed by atoms with Crippen molar-refractivity contribution >= 4 is 6.21 Å². The first-order valence-electron chi connectivity index (χ1n) is 2.98. The Labute approximate surface area is 60.1 Å². The van der Waals surface area contributed by atoms with Crippen LogP contribution >= 0.6 is 0 Å². The topological polar surface area (TPSA) is 21.6 Å². The van der Waals surface area contributed by atoms with Crippen molar-refractivity contribution in [1.82, 2.24) is 0 Å². The zero-order valence-corrected chi connectivity index (χ0v) is 5.74. The van der Waals surface area contributed by atoms with E-state index < -0.39 is 0 Å². The van der Waals surface area contributed by atoms with Crippen molar-refractivity contribution in [3.8, 4) is 0 Å². The predicted octanol–water partition coefficient (Wildman–Crippen LogP) is 1.54. The molecule has 0 aliphatic heterocycles. The Morgan fingerprint density at radius 1 is 1.30 bits per heavy atom. The van der Waals surface area contributed by atoms with Crippen molar-refractivity contribution in [3.63, 3.8) is 0 Å². The minimum absolute atomic E-state index is 0.921. The molecule has 2 nitrogen and oxygen atoms in total. The first-order chi connectivity index (χ1) is 4.93. The molecule has 1 rings (SSSR count). The van der Waals surface area contributed by atoms with E-state index in [1.165, 1.54) is 7.11 Å². The molecule has 1 radical (unpaired) electrons. The summed E-state index contributed by atoms with van der Waals surface area (Å²) in [5.74, 6) is 0. The molecule has 1 aromatic carbocycles. The largest absolute Gasteiger partial charge is 0.399 e. The molecule has 0 aliphatic rings. The molecule has 2 heteroatoms. The Kier molecular flexibility index (Phi) is 2.49. The van der Waals surface area contributed by atoms with Gasteiger partial charge in [0.1, 0.15) is 13.3 Å². The third-order valence-electron chi connectivity index (χ3n) is 1.04. The molecule has 0 N–H and O–H groups in total. The average Bonchev–Trinajstić information content (AvgIpc) is 2.03. The van der Waals surface area contributed by atoms with Crippen LogP contribution in [0.15, 0.2) is 35.5 Å². The van der Waals surface area contributed by atoms with Crippen LogP contribution in [0.4, 0.5) is 0 Å². The smallest absolute Gasteiger partial charge is 0.139 e. The van der Waals surface area contributed by atoms with E-state index in [2.05, 4.69) is 16.2 Å². The van der Waals surface area contributed by atoms with Crippen LogP contribution in [0, 0.1) is 0 Å². The summed E-state index contributed by atoms with van der Waals surface area (Å²) in [7, 11) is 1.50. The van der Waals surface area contributed by atoms with Crippen LogP contribution in [0.2, 0.25) is 0 Å². The van der Waals surface area contributed by atoms with Crippen LogP contribution in [-0.2, 0) is 4.84 Å². The predicted molar refractivity (Wildman–Crippen MR) is 40.0 cm³/mol. The van der Waals surface area contributed by atoms with E-state index in [4.69, 9.17) is 0 Å². The van der Waals surface area contributed by atoms with E-state index in [0.29, 0.717) is 0 Å². The molecule has 0 fully saturated rings. The summed E-state index contributed by atoms with van der Waals surface area (Å²) in [6, 6.07) is 9.60. The fourth-order valence-electron chi connectivity index (χ4n) is 0.611. The number of rotatable bonds is 2. The first kappa shape index (κ1) is 6.81. The molecule has 51 valence electrons. The van der Waals surface area contributed by atoms with Gasteiger partial charge in [0.05, 0.1) is 0 Å². The third-order valence-corrected chi connectivity index (χ3v) is 1.04. The first-order valence-corrected chi connectivity index (χ1v) is 2.98. The van der Waals surface area contributed by atoms with Crippen molar-refractivity contribution in [2.45, 2.75) is 0 Å². The lowest BCUT2D eigenvalue weighted by atomic mass is 10.2. The van der Waals surface area contributed by atoms with Crippen LogP contribution < -0.4 is 0 Å². The molecular weight excluding hydrogens is 126 g/mol. The third kappa shape index (κ3) is 1.90. The van der Waals surface area contributed by atoms with Crippen molar-refractivity contribution in [2.24, 2.45) is 5.16 Å². The number of nitrogens with zero attached hydrogens (tertiary/aromatic N) is 1. The quantitative estimate of drug-likeness (QED) is 0.444. The highest BCUT2D eigenvalue weighted by atomic mass is 16.6. The van der Waals surface area contributed by atoms with Crippen LogP contribution in [0.3, 0.4) is 0 Å². The van der Waals surface area contributed by atoms with Gasteiger partial charge in [0.2, 0.25) is 0 Å². The van der Waals surface area contributed by atoms with Gasteiger partial charge in [-0.2, -0.15) is 0 Å². The van der Waals surface area contributed by atoms with Gasteiger partial charge in [0, 0.05) is 5.56 Å². The molecule has 0 saturated carbocycles. The van der Waals surface area contributed by atoms with Crippen LogP contribution in [0.1, 0.15) is 5.56 Å². The summed E-state index contributed by atoms with van der Waals surface area (Å²) < 4.78 is 0. The summed E-state index contributed by atoms with van der Waals surface area (Å²) in [5, 5.41) is 3.49. The summed E-state index contributed by atoms with van der Waals surface area (Å²) >= 11 is 0. The SMILES string of the molecule is CO/N=[C]/c1ccccc1. The van der Waals surface area contributed by atoms with E-state index in [-0.39, 0.29) is 0 Å². The van der Waals surface area contributed by atoms with E-state index in [1.807, 2.05) is 30.3 Å². The van der Waals surface area contributed by atoms with Crippen LogP contribution in [0.5, 0.6) is 0 Å². The molecule has 0 aromatic heterocycles. The molecule has 10 heavy (non-hydrogen) atoms. The Hall–Kier alpha value is -1.31. The van der Waals surface area contributed by atoms with E-state index >= 15 is 0 Å². The van der Waals surface area contributed by atoms with Crippen molar-refractivity contribution in [3.05, 3.63) is 35.9 Å². The lowest BCUT2D eigenvalue weighted by Gasteiger charge is -1.87. The Morgan fingerprint density at radius 3 is 2.60 bits per heavy atom. The average molecular weight is 134 g/mol.